The molecule has 2 saturated heterocycles. The van der Waals surface area contributed by atoms with Crippen LogP contribution in [0, 0.1) is 5.92 Å². The second kappa shape index (κ2) is 12.2. The molecular formula is C20H40N6O. The number of rotatable bonds is 8. The highest BCUT2D eigenvalue weighted by molar-refractivity contribution is 5.79. The molecule has 7 nitrogen and oxygen atoms in total. The molecule has 2 aliphatic heterocycles. The summed E-state index contributed by atoms with van der Waals surface area (Å²) in [5, 5.41) is 6.79. The average molecular weight is 381 g/mol. The number of carbonyl (C=O) groups excluding carboxylic acids is 1. The largest absolute Gasteiger partial charge is 0.357 e. The third kappa shape index (κ3) is 8.47. The van der Waals surface area contributed by atoms with Gasteiger partial charge in [0.2, 0.25) is 5.91 Å². The summed E-state index contributed by atoms with van der Waals surface area (Å²) < 4.78 is 0. The fourth-order valence-corrected chi connectivity index (χ4v) is 3.73. The summed E-state index contributed by atoms with van der Waals surface area (Å²) in [4.78, 5) is 23.0. The zero-order valence-electron chi connectivity index (χ0n) is 17.7. The zero-order valence-corrected chi connectivity index (χ0v) is 17.7. The van der Waals surface area contributed by atoms with Crippen molar-refractivity contribution >= 4 is 11.9 Å². The van der Waals surface area contributed by atoms with Crippen LogP contribution in [-0.4, -0.2) is 98.6 Å². The third-order valence-corrected chi connectivity index (χ3v) is 5.66. The second-order valence-electron chi connectivity index (χ2n) is 7.91. The van der Waals surface area contributed by atoms with Gasteiger partial charge in [0.25, 0.3) is 0 Å². The SMILES string of the molecule is CCNC(=NCCCN1CCC(C)CC1)NCCN1CCN(C(C)=O)CC1. The van der Waals surface area contributed by atoms with Crippen molar-refractivity contribution in [3.63, 3.8) is 0 Å². The predicted octanol–water partition coefficient (Wildman–Crippen LogP) is 0.828. The summed E-state index contributed by atoms with van der Waals surface area (Å²) in [6.07, 6.45) is 3.81. The van der Waals surface area contributed by atoms with Crippen LogP contribution in [0.1, 0.15) is 40.0 Å². The number of nitrogens with zero attached hydrogens (tertiary/aromatic N) is 4. The van der Waals surface area contributed by atoms with E-state index in [2.05, 4.69) is 34.3 Å². The van der Waals surface area contributed by atoms with Crippen molar-refractivity contribution in [2.24, 2.45) is 10.9 Å². The number of carbonyl (C=O) groups is 1. The van der Waals surface area contributed by atoms with Gasteiger partial charge in [-0.2, -0.15) is 0 Å². The fraction of sp³-hybridized carbons (Fsp3) is 0.900. The van der Waals surface area contributed by atoms with Crippen LogP contribution < -0.4 is 10.6 Å². The Morgan fingerprint density at radius 2 is 1.67 bits per heavy atom. The van der Waals surface area contributed by atoms with Gasteiger partial charge in [-0.3, -0.25) is 14.7 Å². The standard InChI is InChI=1S/C20H40N6O/c1-4-21-20(22-8-5-10-24-11-6-18(2)7-12-24)23-9-13-25-14-16-26(17-15-25)19(3)27/h18H,4-17H2,1-3H3,(H2,21,22,23). The Kier molecular flexibility index (Phi) is 9.91. The van der Waals surface area contributed by atoms with Crippen molar-refractivity contribution in [2.45, 2.75) is 40.0 Å². The first kappa shape index (κ1) is 22.0. The van der Waals surface area contributed by atoms with Gasteiger partial charge in [0.05, 0.1) is 0 Å². The van der Waals surface area contributed by atoms with Gasteiger partial charge in [-0.05, 0) is 51.7 Å². The van der Waals surface area contributed by atoms with Crippen molar-refractivity contribution < 1.29 is 4.79 Å². The molecule has 1 amide bonds. The van der Waals surface area contributed by atoms with Crippen molar-refractivity contribution in [1.82, 2.24) is 25.3 Å². The molecule has 0 aromatic carbocycles. The number of guanidine groups is 1. The minimum Gasteiger partial charge on any atom is -0.357 e. The van der Waals surface area contributed by atoms with Crippen LogP contribution in [0.25, 0.3) is 0 Å². The molecule has 0 aromatic rings. The highest BCUT2D eigenvalue weighted by atomic mass is 16.2. The number of aliphatic imine (C=N–C) groups is 1. The molecule has 2 N–H and O–H groups in total. The molecule has 0 unspecified atom stereocenters. The fourth-order valence-electron chi connectivity index (χ4n) is 3.73. The minimum atomic E-state index is 0.188. The quantitative estimate of drug-likeness (QED) is 0.371. The minimum absolute atomic E-state index is 0.188. The number of hydrogen-bond donors (Lipinski definition) is 2. The lowest BCUT2D eigenvalue weighted by atomic mass is 9.99. The Hall–Kier alpha value is -1.34. The van der Waals surface area contributed by atoms with Crippen LogP contribution in [0.3, 0.4) is 0 Å². The predicted molar refractivity (Wildman–Crippen MR) is 112 cm³/mol. The second-order valence-corrected chi connectivity index (χ2v) is 7.91. The number of likely N-dealkylation sites (tertiary alicyclic amines) is 1. The van der Waals surface area contributed by atoms with E-state index < -0.39 is 0 Å². The molecule has 0 aromatic heterocycles. The van der Waals surface area contributed by atoms with Gasteiger partial charge in [-0.15, -0.1) is 0 Å². The van der Waals surface area contributed by atoms with Gasteiger partial charge in [-0.25, -0.2) is 0 Å². The Bertz CT molecular complexity index is 453. The first-order valence-electron chi connectivity index (χ1n) is 10.8. The summed E-state index contributed by atoms with van der Waals surface area (Å²) in [5.74, 6) is 2.01. The molecule has 0 spiro atoms. The van der Waals surface area contributed by atoms with E-state index >= 15 is 0 Å². The topological polar surface area (TPSA) is 63.2 Å². The summed E-state index contributed by atoms with van der Waals surface area (Å²) in [5.41, 5.74) is 0. The van der Waals surface area contributed by atoms with Gasteiger partial charge in [0.1, 0.15) is 0 Å². The lowest BCUT2D eigenvalue weighted by Crippen LogP contribution is -2.50. The van der Waals surface area contributed by atoms with Crippen LogP contribution in [0.15, 0.2) is 4.99 Å². The van der Waals surface area contributed by atoms with Gasteiger partial charge in [0, 0.05) is 59.3 Å². The van der Waals surface area contributed by atoms with Crippen LogP contribution in [0.5, 0.6) is 0 Å². The lowest BCUT2D eigenvalue weighted by Gasteiger charge is -2.34. The maximum absolute atomic E-state index is 11.4. The molecular weight excluding hydrogens is 340 g/mol. The van der Waals surface area contributed by atoms with E-state index in [0.29, 0.717) is 0 Å². The highest BCUT2D eigenvalue weighted by Gasteiger charge is 2.18. The molecule has 156 valence electrons. The molecule has 7 heteroatoms. The molecule has 2 fully saturated rings. The molecule has 0 saturated carbocycles. The van der Waals surface area contributed by atoms with Gasteiger partial charge < -0.3 is 20.4 Å². The Labute approximate surface area is 165 Å². The van der Waals surface area contributed by atoms with E-state index in [-0.39, 0.29) is 5.91 Å². The number of piperazine rings is 1. The molecule has 27 heavy (non-hydrogen) atoms. The Morgan fingerprint density at radius 3 is 2.30 bits per heavy atom. The summed E-state index contributed by atoms with van der Waals surface area (Å²) in [6.45, 7) is 17.0. The monoisotopic (exact) mass is 380 g/mol. The molecule has 0 atom stereocenters. The van der Waals surface area contributed by atoms with E-state index in [1.54, 1.807) is 6.92 Å². The van der Waals surface area contributed by atoms with Crippen molar-refractivity contribution in [3.05, 3.63) is 0 Å². The van der Waals surface area contributed by atoms with E-state index in [1.165, 1.54) is 25.9 Å². The third-order valence-electron chi connectivity index (χ3n) is 5.66. The van der Waals surface area contributed by atoms with Crippen LogP contribution in [0.4, 0.5) is 0 Å². The Morgan fingerprint density at radius 1 is 1.00 bits per heavy atom. The van der Waals surface area contributed by atoms with Gasteiger partial charge in [0.15, 0.2) is 5.96 Å². The molecule has 0 aliphatic carbocycles. The normalized spacial score (nSPS) is 20.7. The molecule has 2 rings (SSSR count). The van der Waals surface area contributed by atoms with Crippen LogP contribution >= 0.6 is 0 Å². The molecule has 0 bridgehead atoms. The maximum Gasteiger partial charge on any atom is 0.219 e. The average Bonchev–Trinajstić information content (AvgIpc) is 2.67. The number of piperidine rings is 1. The summed E-state index contributed by atoms with van der Waals surface area (Å²) >= 11 is 0. The first-order chi connectivity index (χ1) is 13.1. The molecule has 2 heterocycles. The summed E-state index contributed by atoms with van der Waals surface area (Å²) in [6, 6.07) is 0. The Balaban J connectivity index is 1.60. The van der Waals surface area contributed by atoms with Crippen molar-refractivity contribution in [2.75, 3.05) is 72.0 Å². The summed E-state index contributed by atoms with van der Waals surface area (Å²) in [7, 11) is 0. The molecule has 2 aliphatic rings. The van der Waals surface area contributed by atoms with E-state index in [4.69, 9.17) is 4.99 Å². The van der Waals surface area contributed by atoms with E-state index in [9.17, 15) is 4.79 Å². The number of nitrogens with one attached hydrogen (secondary N) is 2. The van der Waals surface area contributed by atoms with E-state index in [1.807, 2.05) is 4.90 Å². The lowest BCUT2D eigenvalue weighted by molar-refractivity contribution is -0.130. The zero-order chi connectivity index (χ0) is 19.5. The van der Waals surface area contributed by atoms with Gasteiger partial charge in [-0.1, -0.05) is 6.92 Å². The first-order valence-corrected chi connectivity index (χ1v) is 10.8. The number of amides is 1. The van der Waals surface area contributed by atoms with Crippen LogP contribution in [-0.2, 0) is 4.79 Å². The van der Waals surface area contributed by atoms with Crippen molar-refractivity contribution in [1.29, 1.82) is 0 Å². The highest BCUT2D eigenvalue weighted by Crippen LogP contribution is 2.15. The molecule has 0 radical (unpaired) electrons. The van der Waals surface area contributed by atoms with Crippen molar-refractivity contribution in [3.8, 4) is 0 Å². The number of hydrogen-bond acceptors (Lipinski definition) is 4. The van der Waals surface area contributed by atoms with E-state index in [0.717, 1.165) is 77.2 Å². The van der Waals surface area contributed by atoms with Gasteiger partial charge >= 0.3 is 0 Å². The maximum atomic E-state index is 11.4. The van der Waals surface area contributed by atoms with Crippen LogP contribution in [0.2, 0.25) is 0 Å². The smallest absolute Gasteiger partial charge is 0.219 e.